The zero-order valence-corrected chi connectivity index (χ0v) is 39.7. The predicted molar refractivity (Wildman–Crippen MR) is 311 cm³/mol. The Hall–Kier alpha value is -9.56. The Labute approximate surface area is 421 Å². The van der Waals surface area contributed by atoms with Crippen LogP contribution in [0.3, 0.4) is 0 Å². The lowest BCUT2D eigenvalue weighted by Crippen LogP contribution is -1.92. The lowest BCUT2D eigenvalue weighted by molar-refractivity contribution is 0.670. The molecule has 0 atom stereocenters. The van der Waals surface area contributed by atoms with Crippen molar-refractivity contribution in [1.29, 1.82) is 0 Å². The predicted octanol–water partition coefficient (Wildman–Crippen LogP) is 20.5. The fourth-order valence-corrected chi connectivity index (χ4v) is 12.8. The minimum atomic E-state index is 0.880. The van der Waals surface area contributed by atoms with Gasteiger partial charge in [-0.15, -0.1) is 0 Å². The summed E-state index contributed by atoms with van der Waals surface area (Å²) in [5.74, 6) is 0. The van der Waals surface area contributed by atoms with Crippen molar-refractivity contribution in [2.24, 2.45) is 0 Å². The average molecular weight is 923 g/mol. The summed E-state index contributed by atoms with van der Waals surface area (Å²) in [4.78, 5) is 0. The van der Waals surface area contributed by atoms with Crippen LogP contribution in [0.5, 0.6) is 0 Å². The van der Waals surface area contributed by atoms with Crippen LogP contribution in [0.25, 0.3) is 164 Å². The van der Waals surface area contributed by atoms with Crippen molar-refractivity contribution < 1.29 is 4.42 Å². The van der Waals surface area contributed by atoms with E-state index < -0.39 is 0 Å². The van der Waals surface area contributed by atoms with Crippen LogP contribution < -0.4 is 0 Å². The van der Waals surface area contributed by atoms with Gasteiger partial charge in [0.05, 0.1) is 0 Å². The molecule has 0 saturated carbocycles. The van der Waals surface area contributed by atoms with E-state index in [0.29, 0.717) is 0 Å². The molecule has 0 radical (unpaired) electrons. The van der Waals surface area contributed by atoms with Crippen LogP contribution in [0.4, 0.5) is 0 Å². The second kappa shape index (κ2) is 15.5. The van der Waals surface area contributed by atoms with Crippen molar-refractivity contribution in [2.75, 3.05) is 0 Å². The van der Waals surface area contributed by atoms with Gasteiger partial charge in [-0.25, -0.2) is 0 Å². The lowest BCUT2D eigenvalue weighted by atomic mass is 9.85. The molecule has 0 aliphatic carbocycles. The average Bonchev–Trinajstić information content (AvgIpc) is 3.84. The fourth-order valence-electron chi connectivity index (χ4n) is 12.8. The van der Waals surface area contributed by atoms with Crippen LogP contribution in [0.2, 0.25) is 0 Å². The monoisotopic (exact) mass is 922 g/mol. The van der Waals surface area contributed by atoms with Crippen LogP contribution >= 0.6 is 0 Å². The second-order valence-corrected chi connectivity index (χ2v) is 19.8. The molecular formula is C72H42O. The van der Waals surface area contributed by atoms with E-state index in [1.807, 2.05) is 0 Å². The van der Waals surface area contributed by atoms with Gasteiger partial charge in [-0.2, -0.15) is 0 Å². The third-order valence-corrected chi connectivity index (χ3v) is 16.0. The maximum absolute atomic E-state index is 7.13. The maximum Gasteiger partial charge on any atom is 0.144 e. The molecule has 16 rings (SSSR count). The van der Waals surface area contributed by atoms with Crippen molar-refractivity contribution in [2.45, 2.75) is 0 Å². The van der Waals surface area contributed by atoms with Gasteiger partial charge in [0.1, 0.15) is 11.2 Å². The number of furan rings is 1. The third-order valence-electron chi connectivity index (χ3n) is 16.0. The van der Waals surface area contributed by atoms with Gasteiger partial charge in [-0.3, -0.25) is 0 Å². The van der Waals surface area contributed by atoms with E-state index in [0.717, 1.165) is 44.0 Å². The number of hydrogen-bond donors (Lipinski definition) is 0. The summed E-state index contributed by atoms with van der Waals surface area (Å²) in [6.45, 7) is 0. The van der Waals surface area contributed by atoms with Gasteiger partial charge >= 0.3 is 0 Å². The zero-order valence-electron chi connectivity index (χ0n) is 39.7. The smallest absolute Gasteiger partial charge is 0.144 e. The van der Waals surface area contributed by atoms with Crippen LogP contribution in [0, 0.1) is 0 Å². The lowest BCUT2D eigenvalue weighted by Gasteiger charge is -2.18. The highest BCUT2D eigenvalue weighted by Crippen LogP contribution is 2.50. The molecule has 0 bridgehead atoms. The highest BCUT2D eigenvalue weighted by Gasteiger charge is 2.24. The Morgan fingerprint density at radius 3 is 1.01 bits per heavy atom. The van der Waals surface area contributed by atoms with Crippen molar-refractivity contribution in [3.63, 3.8) is 0 Å². The van der Waals surface area contributed by atoms with Crippen LogP contribution in [0.15, 0.2) is 259 Å². The van der Waals surface area contributed by atoms with Gasteiger partial charge in [0.25, 0.3) is 0 Å². The van der Waals surface area contributed by atoms with Crippen LogP contribution in [-0.4, -0.2) is 0 Å². The molecule has 15 aromatic carbocycles. The quantitative estimate of drug-likeness (QED) is 0.152. The van der Waals surface area contributed by atoms with E-state index in [1.54, 1.807) is 0 Å². The molecule has 0 spiro atoms. The summed E-state index contributed by atoms with van der Waals surface area (Å²) >= 11 is 0. The number of fused-ring (bicyclic) bond motifs is 4. The van der Waals surface area contributed by atoms with Crippen molar-refractivity contribution in [3.05, 3.63) is 255 Å². The minimum absolute atomic E-state index is 0.880. The van der Waals surface area contributed by atoms with E-state index in [-0.39, 0.29) is 0 Å². The first-order valence-corrected chi connectivity index (χ1v) is 25.3. The number of benzene rings is 15. The van der Waals surface area contributed by atoms with E-state index >= 15 is 0 Å². The Morgan fingerprint density at radius 1 is 0.205 bits per heavy atom. The number of hydrogen-bond acceptors (Lipinski definition) is 1. The molecule has 336 valence electrons. The SMILES string of the molecule is c1ccc(-c2ccc3ccc4c(-c5cccc(-c6c7ccccc7c(-c7cccc(-c8ccc9ccc%10c(-c%11ccccc%11)ccc%11ccc8c9c%11%10)c7)c7c6oc6ccccc67)c5)ccc5ccc2c3c54)cc1. The molecule has 73 heavy (non-hydrogen) atoms. The first-order valence-electron chi connectivity index (χ1n) is 25.3. The first kappa shape index (κ1) is 40.2. The number of rotatable bonds is 6. The van der Waals surface area contributed by atoms with Crippen molar-refractivity contribution in [3.8, 4) is 66.8 Å². The normalized spacial score (nSPS) is 12.1. The van der Waals surface area contributed by atoms with Gasteiger partial charge in [0.2, 0.25) is 0 Å². The highest BCUT2D eigenvalue weighted by molar-refractivity contribution is 6.30. The summed E-state index contributed by atoms with van der Waals surface area (Å²) in [5.41, 5.74) is 16.2. The Balaban J connectivity index is 0.886. The van der Waals surface area contributed by atoms with Gasteiger partial charge in [-0.05, 0) is 149 Å². The summed E-state index contributed by atoms with van der Waals surface area (Å²) in [5, 5.41) is 20.0. The first-order chi connectivity index (χ1) is 36.2. The molecule has 0 saturated heterocycles. The van der Waals surface area contributed by atoms with Gasteiger partial charge in [-0.1, -0.05) is 237 Å². The molecule has 1 aromatic heterocycles. The van der Waals surface area contributed by atoms with E-state index in [9.17, 15) is 0 Å². The van der Waals surface area contributed by atoms with Crippen molar-refractivity contribution >= 4 is 97.3 Å². The molecule has 0 aliphatic rings. The Kier molecular flexibility index (Phi) is 8.52. The molecule has 0 fully saturated rings. The Bertz CT molecular complexity index is 4880. The molecular weight excluding hydrogens is 881 g/mol. The summed E-state index contributed by atoms with van der Waals surface area (Å²) in [7, 11) is 0. The molecule has 0 amide bonds. The summed E-state index contributed by atoms with van der Waals surface area (Å²) < 4.78 is 7.13. The molecule has 16 aromatic rings. The van der Waals surface area contributed by atoms with Crippen LogP contribution in [0.1, 0.15) is 0 Å². The molecule has 1 heterocycles. The Morgan fingerprint density at radius 2 is 0.548 bits per heavy atom. The highest BCUT2D eigenvalue weighted by atomic mass is 16.3. The second-order valence-electron chi connectivity index (χ2n) is 19.8. The largest absolute Gasteiger partial charge is 0.455 e. The molecule has 0 N–H and O–H groups in total. The minimum Gasteiger partial charge on any atom is -0.455 e. The van der Waals surface area contributed by atoms with Crippen LogP contribution in [-0.2, 0) is 0 Å². The maximum atomic E-state index is 7.13. The summed E-state index contributed by atoms with van der Waals surface area (Å²) in [6, 6.07) is 94.2. The topological polar surface area (TPSA) is 13.1 Å². The van der Waals surface area contributed by atoms with Gasteiger partial charge < -0.3 is 4.42 Å². The molecule has 0 unspecified atom stereocenters. The molecule has 1 heteroatoms. The molecule has 0 aliphatic heterocycles. The van der Waals surface area contributed by atoms with Crippen molar-refractivity contribution in [1.82, 2.24) is 0 Å². The van der Waals surface area contributed by atoms with E-state index in [2.05, 4.69) is 255 Å². The standard InChI is InChI=1S/C72H42O/c1-3-13-43(14-4-1)53-33-25-45-31-39-61-55(35-27-47-29-37-59(53)65(45)67(47)61)49-17-11-19-51(41-49)69-57-21-7-8-22-58(57)70(72-71(69)63-23-9-10-24-64(63)73-72)52-20-12-18-50(42-52)56-36-28-48-30-38-60-54(44-15-5-2-6-16-44)34-26-46-32-40-62(56)68(48)66(46)60/h1-42H. The molecule has 1 nitrogen and oxygen atoms in total. The van der Waals surface area contributed by atoms with Gasteiger partial charge in [0.15, 0.2) is 0 Å². The number of para-hydroxylation sites is 1. The fraction of sp³-hybridized carbons (Fsp3) is 0. The third kappa shape index (κ3) is 5.91. The summed E-state index contributed by atoms with van der Waals surface area (Å²) in [6.07, 6.45) is 0. The van der Waals surface area contributed by atoms with E-state index in [4.69, 9.17) is 4.42 Å². The zero-order chi connectivity index (χ0) is 47.7. The van der Waals surface area contributed by atoms with E-state index in [1.165, 1.54) is 120 Å². The van der Waals surface area contributed by atoms with Gasteiger partial charge in [0, 0.05) is 21.9 Å².